The van der Waals surface area contributed by atoms with Crippen LogP contribution in [-0.2, 0) is 5.41 Å². The highest BCUT2D eigenvalue weighted by atomic mass is 16.1. The topological polar surface area (TPSA) is 93.5 Å². The number of carbonyl (C=O) groups is 1. The summed E-state index contributed by atoms with van der Waals surface area (Å²) < 4.78 is 0. The van der Waals surface area contributed by atoms with Gasteiger partial charge in [-0.25, -0.2) is 0 Å². The summed E-state index contributed by atoms with van der Waals surface area (Å²) in [6, 6.07) is 13.6. The van der Waals surface area contributed by atoms with Crippen LogP contribution in [0, 0.1) is 0 Å². The van der Waals surface area contributed by atoms with Gasteiger partial charge in [-0.2, -0.15) is 0 Å². The van der Waals surface area contributed by atoms with Gasteiger partial charge in [0.25, 0.3) is 5.91 Å². The fourth-order valence-electron chi connectivity index (χ4n) is 3.68. The molecule has 0 radical (unpaired) electrons. The molecule has 1 atom stereocenters. The van der Waals surface area contributed by atoms with E-state index >= 15 is 0 Å². The van der Waals surface area contributed by atoms with Crippen molar-refractivity contribution in [2.24, 2.45) is 10.7 Å². The van der Waals surface area contributed by atoms with Crippen LogP contribution in [0.5, 0.6) is 0 Å². The number of aliphatic imine (C=N–C) groups is 1. The number of carbonyl (C=O) groups excluding carboxylic acids is 1. The number of nitrogens with zero attached hydrogens (tertiary/aromatic N) is 1. The van der Waals surface area contributed by atoms with Crippen molar-refractivity contribution in [1.82, 2.24) is 5.32 Å². The summed E-state index contributed by atoms with van der Waals surface area (Å²) in [4.78, 5) is 15.9. The number of primary amides is 1. The van der Waals surface area contributed by atoms with E-state index in [2.05, 4.69) is 29.4 Å². The highest BCUT2D eigenvalue weighted by Crippen LogP contribution is 2.35. The summed E-state index contributed by atoms with van der Waals surface area (Å²) in [5, 5.41) is 3.53. The Bertz CT molecular complexity index is 805. The smallest absolute Gasteiger partial charge is 0.250 e. The molecule has 1 fully saturated rings. The van der Waals surface area contributed by atoms with Crippen LogP contribution in [0.1, 0.15) is 47.7 Å². The molecule has 0 aromatic heterocycles. The van der Waals surface area contributed by atoms with Crippen LogP contribution in [0.25, 0.3) is 0 Å². The summed E-state index contributed by atoms with van der Waals surface area (Å²) in [6.07, 6.45) is 5.23. The Morgan fingerprint density at radius 1 is 1.27 bits per heavy atom. The van der Waals surface area contributed by atoms with Gasteiger partial charge >= 0.3 is 0 Å². The summed E-state index contributed by atoms with van der Waals surface area (Å²) in [5.74, 6) is -0.534. The van der Waals surface area contributed by atoms with Crippen LogP contribution in [-0.4, -0.2) is 25.2 Å². The summed E-state index contributed by atoms with van der Waals surface area (Å²) >= 11 is 0. The number of hydrogen-bond acceptors (Lipinski definition) is 4. The van der Waals surface area contributed by atoms with Crippen molar-refractivity contribution in [3.05, 3.63) is 59.2 Å². The molecule has 5 nitrogen and oxygen atoms in total. The number of nitrogens with one attached hydrogen (secondary N) is 1. The Kier molecular flexibility index (Phi) is 5.38. The first-order chi connectivity index (χ1) is 12.6. The third kappa shape index (κ3) is 3.63. The van der Waals surface area contributed by atoms with Crippen LogP contribution >= 0.6 is 0 Å². The number of piperidine rings is 1. The normalized spacial score (nSPS) is 20.3. The predicted molar refractivity (Wildman–Crippen MR) is 107 cm³/mol. The first kappa shape index (κ1) is 18.1. The number of nitrogen functional groups attached to an aromatic ring is 1. The van der Waals surface area contributed by atoms with Crippen LogP contribution in [0.4, 0.5) is 11.4 Å². The number of benzene rings is 2. The number of nitrogens with two attached hydrogens (primary N) is 2. The molecule has 0 spiro atoms. The molecule has 1 heterocycles. The van der Waals surface area contributed by atoms with Crippen molar-refractivity contribution in [1.29, 1.82) is 0 Å². The van der Waals surface area contributed by atoms with Crippen molar-refractivity contribution in [2.75, 3.05) is 18.8 Å². The molecule has 5 heteroatoms. The van der Waals surface area contributed by atoms with Crippen LogP contribution in [0.3, 0.4) is 0 Å². The monoisotopic (exact) mass is 350 g/mol. The zero-order valence-corrected chi connectivity index (χ0v) is 15.2. The Balaban J connectivity index is 1.81. The molecule has 1 unspecified atom stereocenters. The molecule has 0 aliphatic carbocycles. The Hall–Kier alpha value is -2.66. The van der Waals surface area contributed by atoms with Gasteiger partial charge in [-0.05, 0) is 49.6 Å². The second-order valence-electron chi connectivity index (χ2n) is 6.89. The average molecular weight is 350 g/mol. The highest BCUT2D eigenvalue weighted by molar-refractivity contribution is 6.02. The van der Waals surface area contributed by atoms with Gasteiger partial charge in [0.1, 0.15) is 0 Å². The van der Waals surface area contributed by atoms with E-state index in [0.717, 1.165) is 25.2 Å². The first-order valence-corrected chi connectivity index (χ1v) is 9.09. The molecule has 26 heavy (non-hydrogen) atoms. The molecular weight excluding hydrogens is 324 g/mol. The maximum atomic E-state index is 11.4. The minimum Gasteiger partial charge on any atom is -0.398 e. The minimum atomic E-state index is -0.534. The van der Waals surface area contributed by atoms with Gasteiger partial charge in [-0.1, -0.05) is 31.2 Å². The third-order valence-corrected chi connectivity index (χ3v) is 5.39. The van der Waals surface area contributed by atoms with Crippen LogP contribution in [0.2, 0.25) is 0 Å². The number of para-hydroxylation sites is 1. The second kappa shape index (κ2) is 7.70. The lowest BCUT2D eigenvalue weighted by molar-refractivity contribution is 0.100. The molecule has 3 rings (SSSR count). The summed E-state index contributed by atoms with van der Waals surface area (Å²) in [5.41, 5.74) is 15.1. The lowest BCUT2D eigenvalue weighted by atomic mass is 9.73. The molecule has 5 N–H and O–H groups in total. The SMILES string of the molecule is CCC1(c2ccc(N=Cc3cccc(C(N)=O)c3N)cc2)CCCNC1. The Morgan fingerprint density at radius 3 is 2.65 bits per heavy atom. The van der Waals surface area contributed by atoms with E-state index in [0.29, 0.717) is 16.8 Å². The van der Waals surface area contributed by atoms with Crippen LogP contribution < -0.4 is 16.8 Å². The Labute approximate surface area is 154 Å². The standard InChI is InChI=1S/C21H26N4O/c1-2-21(11-4-12-24-14-21)16-7-9-17(10-8-16)25-13-15-5-3-6-18(19(15)22)20(23)26/h3,5-10,13,24H,2,4,11-12,14,22H2,1H3,(H2,23,26). The second-order valence-corrected chi connectivity index (χ2v) is 6.89. The maximum Gasteiger partial charge on any atom is 0.250 e. The van der Waals surface area contributed by atoms with E-state index < -0.39 is 5.91 Å². The molecule has 0 saturated carbocycles. The lowest BCUT2D eigenvalue weighted by Gasteiger charge is -2.37. The largest absolute Gasteiger partial charge is 0.398 e. The fraction of sp³-hybridized carbons (Fsp3) is 0.333. The van der Waals surface area contributed by atoms with E-state index in [1.54, 1.807) is 18.3 Å². The van der Waals surface area contributed by atoms with Gasteiger partial charge in [0.15, 0.2) is 0 Å². The minimum absolute atomic E-state index is 0.223. The van der Waals surface area contributed by atoms with E-state index in [1.165, 1.54) is 18.4 Å². The third-order valence-electron chi connectivity index (χ3n) is 5.39. The molecule has 1 amide bonds. The van der Waals surface area contributed by atoms with Crippen molar-refractivity contribution >= 4 is 23.5 Å². The molecule has 1 saturated heterocycles. The average Bonchev–Trinajstić information content (AvgIpc) is 2.68. The summed E-state index contributed by atoms with van der Waals surface area (Å²) in [7, 11) is 0. The number of rotatable bonds is 5. The molecule has 1 aliphatic heterocycles. The molecule has 2 aromatic rings. The van der Waals surface area contributed by atoms with Gasteiger partial charge in [0, 0.05) is 23.7 Å². The van der Waals surface area contributed by atoms with Gasteiger partial charge in [0.05, 0.1) is 16.9 Å². The quantitative estimate of drug-likeness (QED) is 0.571. The van der Waals surface area contributed by atoms with E-state index in [-0.39, 0.29) is 5.41 Å². The van der Waals surface area contributed by atoms with Gasteiger partial charge in [-0.15, -0.1) is 0 Å². The predicted octanol–water partition coefficient (Wildman–Crippen LogP) is 3.15. The van der Waals surface area contributed by atoms with Crippen molar-refractivity contribution in [2.45, 2.75) is 31.6 Å². The molecule has 2 aromatic carbocycles. The maximum absolute atomic E-state index is 11.4. The van der Waals surface area contributed by atoms with E-state index in [4.69, 9.17) is 11.5 Å². The zero-order chi connectivity index (χ0) is 18.6. The molecule has 1 aliphatic rings. The van der Waals surface area contributed by atoms with Crippen molar-refractivity contribution in [3.63, 3.8) is 0 Å². The van der Waals surface area contributed by atoms with Gasteiger partial charge in [0.2, 0.25) is 0 Å². The molecule has 136 valence electrons. The lowest BCUT2D eigenvalue weighted by Crippen LogP contribution is -2.42. The van der Waals surface area contributed by atoms with Gasteiger partial charge in [-0.3, -0.25) is 9.79 Å². The van der Waals surface area contributed by atoms with E-state index in [9.17, 15) is 4.79 Å². The van der Waals surface area contributed by atoms with Crippen LogP contribution in [0.15, 0.2) is 47.5 Å². The summed E-state index contributed by atoms with van der Waals surface area (Å²) in [6.45, 7) is 4.39. The number of hydrogen-bond donors (Lipinski definition) is 3. The number of amides is 1. The van der Waals surface area contributed by atoms with Crippen molar-refractivity contribution < 1.29 is 4.79 Å². The number of anilines is 1. The Morgan fingerprint density at radius 2 is 2.04 bits per heavy atom. The van der Waals surface area contributed by atoms with Gasteiger partial charge < -0.3 is 16.8 Å². The molecular formula is C21H26N4O. The first-order valence-electron chi connectivity index (χ1n) is 9.09. The van der Waals surface area contributed by atoms with E-state index in [1.807, 2.05) is 18.2 Å². The molecule has 0 bridgehead atoms. The zero-order valence-electron chi connectivity index (χ0n) is 15.2. The fourth-order valence-corrected chi connectivity index (χ4v) is 3.68. The highest BCUT2D eigenvalue weighted by Gasteiger charge is 2.31. The van der Waals surface area contributed by atoms with Crippen molar-refractivity contribution in [3.8, 4) is 0 Å².